The van der Waals surface area contributed by atoms with Crippen molar-refractivity contribution in [1.82, 2.24) is 14.7 Å². The van der Waals surface area contributed by atoms with Gasteiger partial charge in [-0.2, -0.15) is 0 Å². The highest BCUT2D eigenvalue weighted by atomic mass is 16.3. The Balaban J connectivity index is 1.82. The smallest absolute Gasteiger partial charge is 0.239 e. The SMILES string of the molecule is CCN(CC)C(=O)C1CCCN1CC(O)CN1CCC(C)CC1. The third-order valence-electron chi connectivity index (χ3n) is 5.51. The molecule has 5 heteroatoms. The van der Waals surface area contributed by atoms with E-state index in [-0.39, 0.29) is 18.1 Å². The first kappa shape index (κ1) is 18.7. The van der Waals surface area contributed by atoms with Crippen LogP contribution in [-0.4, -0.2) is 83.7 Å². The third-order valence-corrected chi connectivity index (χ3v) is 5.51. The van der Waals surface area contributed by atoms with Gasteiger partial charge in [-0.05, 0) is 65.1 Å². The number of β-amino-alcohol motifs (C(OH)–C–C–N with tert-alkyl or cyclic N) is 1. The summed E-state index contributed by atoms with van der Waals surface area (Å²) in [6, 6.07) is -0.0223. The number of aliphatic hydroxyl groups is 1. The lowest BCUT2D eigenvalue weighted by Crippen LogP contribution is -2.49. The van der Waals surface area contributed by atoms with E-state index >= 15 is 0 Å². The van der Waals surface area contributed by atoms with Crippen LogP contribution in [0.15, 0.2) is 0 Å². The van der Waals surface area contributed by atoms with Crippen molar-refractivity contribution in [2.24, 2.45) is 5.92 Å². The van der Waals surface area contributed by atoms with E-state index in [1.165, 1.54) is 12.8 Å². The van der Waals surface area contributed by atoms with Crippen molar-refractivity contribution < 1.29 is 9.90 Å². The molecule has 0 aromatic carbocycles. The summed E-state index contributed by atoms with van der Waals surface area (Å²) in [5.41, 5.74) is 0. The highest BCUT2D eigenvalue weighted by Gasteiger charge is 2.34. The summed E-state index contributed by atoms with van der Waals surface area (Å²) < 4.78 is 0. The Morgan fingerprint density at radius 3 is 2.39 bits per heavy atom. The van der Waals surface area contributed by atoms with Crippen LogP contribution >= 0.6 is 0 Å². The van der Waals surface area contributed by atoms with Crippen LogP contribution in [0.4, 0.5) is 0 Å². The molecule has 1 amide bonds. The number of piperidine rings is 1. The van der Waals surface area contributed by atoms with Crippen LogP contribution in [0.5, 0.6) is 0 Å². The number of hydrogen-bond donors (Lipinski definition) is 1. The zero-order chi connectivity index (χ0) is 16.8. The van der Waals surface area contributed by atoms with Crippen molar-refractivity contribution in [3.63, 3.8) is 0 Å². The molecule has 0 aromatic rings. The second kappa shape index (κ2) is 9.00. The molecule has 5 nitrogen and oxygen atoms in total. The number of amides is 1. The molecule has 0 aliphatic carbocycles. The van der Waals surface area contributed by atoms with Crippen LogP contribution in [-0.2, 0) is 4.79 Å². The number of carbonyl (C=O) groups excluding carboxylic acids is 1. The summed E-state index contributed by atoms with van der Waals surface area (Å²) in [6.07, 6.45) is 4.11. The number of likely N-dealkylation sites (tertiary alicyclic amines) is 2. The molecule has 2 heterocycles. The van der Waals surface area contributed by atoms with E-state index in [2.05, 4.69) is 16.7 Å². The summed E-state index contributed by atoms with van der Waals surface area (Å²) in [6.45, 7) is 12.4. The molecule has 0 spiro atoms. The number of carbonyl (C=O) groups is 1. The molecule has 1 N–H and O–H groups in total. The van der Waals surface area contributed by atoms with E-state index in [1.54, 1.807) is 0 Å². The average molecular weight is 325 g/mol. The predicted octanol–water partition coefficient (Wildman–Crippen LogP) is 1.41. The van der Waals surface area contributed by atoms with Gasteiger partial charge >= 0.3 is 0 Å². The Kier molecular flexibility index (Phi) is 7.31. The maximum Gasteiger partial charge on any atom is 0.239 e. The molecule has 2 aliphatic heterocycles. The standard InChI is InChI=1S/C18H35N3O2/c1-4-20(5-2)18(23)17-7-6-10-21(17)14-16(22)13-19-11-8-15(3)9-12-19/h15-17,22H,4-14H2,1-3H3. The fraction of sp³-hybridized carbons (Fsp3) is 0.944. The molecule has 23 heavy (non-hydrogen) atoms. The first-order chi connectivity index (χ1) is 11.0. The van der Waals surface area contributed by atoms with Gasteiger partial charge in [0.05, 0.1) is 12.1 Å². The van der Waals surface area contributed by atoms with E-state index in [1.807, 2.05) is 18.7 Å². The van der Waals surface area contributed by atoms with E-state index < -0.39 is 0 Å². The molecule has 0 radical (unpaired) electrons. The molecule has 2 fully saturated rings. The monoisotopic (exact) mass is 325 g/mol. The number of nitrogens with zero attached hydrogens (tertiary/aromatic N) is 3. The van der Waals surface area contributed by atoms with E-state index in [9.17, 15) is 9.90 Å². The molecular formula is C18H35N3O2. The van der Waals surface area contributed by atoms with Crippen molar-refractivity contribution in [2.75, 3.05) is 45.8 Å². The summed E-state index contributed by atoms with van der Waals surface area (Å²) in [5.74, 6) is 1.06. The van der Waals surface area contributed by atoms with Gasteiger partial charge < -0.3 is 14.9 Å². The average Bonchev–Trinajstić information content (AvgIpc) is 2.98. The van der Waals surface area contributed by atoms with Crippen molar-refractivity contribution in [1.29, 1.82) is 0 Å². The van der Waals surface area contributed by atoms with Crippen LogP contribution in [0, 0.1) is 5.92 Å². The molecule has 2 aliphatic rings. The van der Waals surface area contributed by atoms with Crippen LogP contribution in [0.3, 0.4) is 0 Å². The molecule has 2 atom stereocenters. The fourth-order valence-corrected chi connectivity index (χ4v) is 3.94. The lowest BCUT2D eigenvalue weighted by molar-refractivity contribution is -0.136. The quantitative estimate of drug-likeness (QED) is 0.769. The first-order valence-corrected chi connectivity index (χ1v) is 9.48. The van der Waals surface area contributed by atoms with Gasteiger partial charge in [0.1, 0.15) is 0 Å². The normalized spacial score (nSPS) is 25.7. The minimum absolute atomic E-state index is 0.0223. The van der Waals surface area contributed by atoms with Gasteiger partial charge in [-0.1, -0.05) is 6.92 Å². The Hall–Kier alpha value is -0.650. The topological polar surface area (TPSA) is 47.0 Å². The summed E-state index contributed by atoms with van der Waals surface area (Å²) >= 11 is 0. The van der Waals surface area contributed by atoms with Gasteiger partial charge in [0.25, 0.3) is 0 Å². The molecule has 134 valence electrons. The number of likely N-dealkylation sites (N-methyl/N-ethyl adjacent to an activating group) is 1. The van der Waals surface area contributed by atoms with Gasteiger partial charge in [0.2, 0.25) is 5.91 Å². The zero-order valence-electron chi connectivity index (χ0n) is 15.2. The van der Waals surface area contributed by atoms with Crippen LogP contribution in [0.25, 0.3) is 0 Å². The lowest BCUT2D eigenvalue weighted by Gasteiger charge is -2.34. The van der Waals surface area contributed by atoms with Gasteiger partial charge in [0.15, 0.2) is 0 Å². The highest BCUT2D eigenvalue weighted by Crippen LogP contribution is 2.21. The lowest BCUT2D eigenvalue weighted by atomic mass is 9.99. The molecular weight excluding hydrogens is 290 g/mol. The maximum atomic E-state index is 12.6. The van der Waals surface area contributed by atoms with Gasteiger partial charge in [-0.15, -0.1) is 0 Å². The minimum Gasteiger partial charge on any atom is -0.390 e. The largest absolute Gasteiger partial charge is 0.390 e. The van der Waals surface area contributed by atoms with E-state index in [0.717, 1.165) is 58.0 Å². The number of aliphatic hydroxyl groups excluding tert-OH is 1. The number of rotatable bonds is 7. The van der Waals surface area contributed by atoms with E-state index in [4.69, 9.17) is 0 Å². The minimum atomic E-state index is -0.353. The predicted molar refractivity (Wildman–Crippen MR) is 93.4 cm³/mol. The van der Waals surface area contributed by atoms with Crippen molar-refractivity contribution in [3.05, 3.63) is 0 Å². The molecule has 2 unspecified atom stereocenters. The second-order valence-electron chi connectivity index (χ2n) is 7.30. The number of hydrogen-bond acceptors (Lipinski definition) is 4. The third kappa shape index (κ3) is 5.16. The summed E-state index contributed by atoms with van der Waals surface area (Å²) in [4.78, 5) is 19.1. The zero-order valence-corrected chi connectivity index (χ0v) is 15.2. The molecule has 2 saturated heterocycles. The molecule has 0 bridgehead atoms. The van der Waals surface area contributed by atoms with Gasteiger partial charge in [-0.3, -0.25) is 9.69 Å². The Morgan fingerprint density at radius 1 is 1.13 bits per heavy atom. The van der Waals surface area contributed by atoms with Crippen LogP contribution in [0.1, 0.15) is 46.5 Å². The van der Waals surface area contributed by atoms with Gasteiger partial charge in [-0.25, -0.2) is 0 Å². The Bertz CT molecular complexity index is 365. The van der Waals surface area contributed by atoms with Crippen LogP contribution in [0.2, 0.25) is 0 Å². The summed E-state index contributed by atoms with van der Waals surface area (Å²) in [5, 5.41) is 10.5. The van der Waals surface area contributed by atoms with Crippen molar-refractivity contribution in [3.8, 4) is 0 Å². The Labute approximate surface area is 141 Å². The van der Waals surface area contributed by atoms with E-state index in [0.29, 0.717) is 6.54 Å². The second-order valence-corrected chi connectivity index (χ2v) is 7.30. The molecule has 0 saturated carbocycles. The molecule has 2 rings (SSSR count). The first-order valence-electron chi connectivity index (χ1n) is 9.48. The van der Waals surface area contributed by atoms with Gasteiger partial charge in [0, 0.05) is 26.2 Å². The molecule has 0 aromatic heterocycles. The highest BCUT2D eigenvalue weighted by molar-refractivity contribution is 5.82. The van der Waals surface area contributed by atoms with Crippen LogP contribution < -0.4 is 0 Å². The maximum absolute atomic E-state index is 12.6. The van der Waals surface area contributed by atoms with Crippen molar-refractivity contribution in [2.45, 2.75) is 58.6 Å². The Morgan fingerprint density at radius 2 is 1.78 bits per heavy atom. The fourth-order valence-electron chi connectivity index (χ4n) is 3.94. The summed E-state index contributed by atoms with van der Waals surface area (Å²) in [7, 11) is 0. The van der Waals surface area contributed by atoms with Crippen molar-refractivity contribution >= 4 is 5.91 Å².